The van der Waals surface area contributed by atoms with Crippen molar-refractivity contribution in [3.8, 4) is 0 Å². The first-order chi connectivity index (χ1) is 16.5. The van der Waals surface area contributed by atoms with E-state index in [-0.39, 0.29) is 17.0 Å². The fraction of sp³-hybridized carbons (Fsp3) is 0.154. The van der Waals surface area contributed by atoms with Crippen LogP contribution in [-0.2, 0) is 15.8 Å². The highest BCUT2D eigenvalue weighted by atomic mass is 79.9. The van der Waals surface area contributed by atoms with Gasteiger partial charge in [-0.15, -0.1) is 0 Å². The van der Waals surface area contributed by atoms with Gasteiger partial charge in [-0.1, -0.05) is 40.2 Å². The summed E-state index contributed by atoms with van der Waals surface area (Å²) in [5.74, 6) is -2.23. The van der Waals surface area contributed by atoms with Gasteiger partial charge in [-0.05, 0) is 54.1 Å². The maximum absolute atomic E-state index is 13.1. The Bertz CT molecular complexity index is 1300. The number of halogens is 4. The van der Waals surface area contributed by atoms with Crippen molar-refractivity contribution in [1.82, 2.24) is 0 Å². The zero-order valence-corrected chi connectivity index (χ0v) is 20.3. The second-order valence-electron chi connectivity index (χ2n) is 8.21. The Hall–Kier alpha value is -3.59. The smallest absolute Gasteiger partial charge is 0.416 e. The average molecular weight is 545 g/mol. The first-order valence-electron chi connectivity index (χ1n) is 10.5. The van der Waals surface area contributed by atoms with E-state index >= 15 is 0 Å². The lowest BCUT2D eigenvalue weighted by Crippen LogP contribution is -2.29. The molecule has 1 atom stereocenters. The van der Waals surface area contributed by atoms with Crippen LogP contribution in [0.5, 0.6) is 0 Å². The van der Waals surface area contributed by atoms with Crippen LogP contribution in [0, 0.1) is 0 Å². The number of hydrogen-bond acceptors (Lipinski definition) is 4. The summed E-state index contributed by atoms with van der Waals surface area (Å²) >= 11 is 3.32. The molecule has 35 heavy (non-hydrogen) atoms. The van der Waals surface area contributed by atoms with Crippen LogP contribution in [0.4, 0.5) is 24.5 Å². The summed E-state index contributed by atoms with van der Waals surface area (Å²) in [6.07, 6.45) is -4.55. The van der Waals surface area contributed by atoms with E-state index in [1.54, 1.807) is 48.5 Å². The number of carbonyl (C=O) groups excluding carboxylic acids is 2. The maximum Gasteiger partial charge on any atom is 0.416 e. The molecular formula is C26H20BrF3N2O3. The minimum absolute atomic E-state index is 0.108. The Morgan fingerprint density at radius 2 is 1.49 bits per heavy atom. The largest absolute Gasteiger partial charge is 0.507 e. The Kier molecular flexibility index (Phi) is 6.46. The third-order valence-electron chi connectivity index (χ3n) is 5.76. The van der Waals surface area contributed by atoms with Gasteiger partial charge in [0.05, 0.1) is 17.2 Å². The molecule has 0 saturated carbocycles. The van der Waals surface area contributed by atoms with E-state index in [1.165, 1.54) is 0 Å². The monoisotopic (exact) mass is 544 g/mol. The van der Waals surface area contributed by atoms with E-state index in [9.17, 15) is 27.9 Å². The number of nitrogens with zero attached hydrogens (tertiary/aromatic N) is 2. The second kappa shape index (κ2) is 9.22. The summed E-state index contributed by atoms with van der Waals surface area (Å²) in [6.45, 7) is 0. The van der Waals surface area contributed by atoms with Crippen molar-refractivity contribution < 1.29 is 27.9 Å². The molecule has 180 valence electrons. The zero-order chi connectivity index (χ0) is 25.5. The molecule has 0 aromatic heterocycles. The van der Waals surface area contributed by atoms with Crippen LogP contribution in [0.15, 0.2) is 82.8 Å². The van der Waals surface area contributed by atoms with E-state index in [0.717, 1.165) is 39.3 Å². The van der Waals surface area contributed by atoms with Gasteiger partial charge in [-0.3, -0.25) is 14.5 Å². The summed E-state index contributed by atoms with van der Waals surface area (Å²) < 4.78 is 40.0. The van der Waals surface area contributed by atoms with Crippen LogP contribution in [0.25, 0.3) is 5.76 Å². The summed E-state index contributed by atoms with van der Waals surface area (Å²) in [6, 6.07) is 16.6. The molecule has 1 aliphatic rings. The molecule has 0 spiro atoms. The molecule has 0 bridgehead atoms. The Balaban J connectivity index is 1.89. The van der Waals surface area contributed by atoms with Crippen molar-refractivity contribution >= 4 is 44.8 Å². The molecule has 1 saturated heterocycles. The zero-order valence-electron chi connectivity index (χ0n) is 18.7. The predicted molar refractivity (Wildman–Crippen MR) is 131 cm³/mol. The number of hydrogen-bond donors (Lipinski definition) is 1. The average Bonchev–Trinajstić information content (AvgIpc) is 3.09. The fourth-order valence-corrected chi connectivity index (χ4v) is 4.21. The number of alkyl halides is 3. The SMILES string of the molecule is CN(C)c1ccc(C2/C(=C(\O)c3ccc(Br)cc3)C(=O)C(=O)N2c2ccc(C(F)(F)F)cc2)cc1. The molecule has 1 aliphatic heterocycles. The van der Waals surface area contributed by atoms with Crippen LogP contribution in [0.1, 0.15) is 22.7 Å². The number of anilines is 2. The molecule has 0 aliphatic carbocycles. The number of Topliss-reactive ketones (excluding diaryl/α,β-unsaturated/α-hetero) is 1. The van der Waals surface area contributed by atoms with Gasteiger partial charge in [-0.25, -0.2) is 0 Å². The van der Waals surface area contributed by atoms with E-state index in [4.69, 9.17) is 0 Å². The number of amides is 1. The first-order valence-corrected chi connectivity index (χ1v) is 11.3. The lowest BCUT2D eigenvalue weighted by Gasteiger charge is -2.26. The van der Waals surface area contributed by atoms with Crippen molar-refractivity contribution in [2.75, 3.05) is 23.9 Å². The minimum atomic E-state index is -4.55. The van der Waals surface area contributed by atoms with Gasteiger partial charge < -0.3 is 10.0 Å². The number of ketones is 1. The Morgan fingerprint density at radius 3 is 2.00 bits per heavy atom. The quantitative estimate of drug-likeness (QED) is 0.243. The fourth-order valence-electron chi connectivity index (χ4n) is 3.94. The van der Waals surface area contributed by atoms with Gasteiger partial charge in [0.25, 0.3) is 11.7 Å². The first kappa shape index (κ1) is 24.5. The lowest BCUT2D eigenvalue weighted by atomic mass is 9.95. The van der Waals surface area contributed by atoms with Gasteiger partial charge in [0.2, 0.25) is 0 Å². The van der Waals surface area contributed by atoms with E-state index in [2.05, 4.69) is 15.9 Å². The van der Waals surface area contributed by atoms with Crippen LogP contribution in [-0.4, -0.2) is 30.9 Å². The summed E-state index contributed by atoms with van der Waals surface area (Å²) in [5.41, 5.74) is 0.807. The third kappa shape index (κ3) is 4.68. The molecule has 1 unspecified atom stereocenters. The summed E-state index contributed by atoms with van der Waals surface area (Å²) in [5, 5.41) is 11.1. The van der Waals surface area contributed by atoms with Crippen molar-refractivity contribution in [2.45, 2.75) is 12.2 Å². The van der Waals surface area contributed by atoms with Gasteiger partial charge in [-0.2, -0.15) is 13.2 Å². The molecule has 3 aromatic carbocycles. The highest BCUT2D eigenvalue weighted by molar-refractivity contribution is 9.10. The normalized spacial score (nSPS) is 17.7. The molecule has 4 rings (SSSR count). The topological polar surface area (TPSA) is 60.9 Å². The highest BCUT2D eigenvalue weighted by Crippen LogP contribution is 2.43. The van der Waals surface area contributed by atoms with E-state index in [1.807, 2.05) is 19.0 Å². The van der Waals surface area contributed by atoms with Gasteiger partial charge >= 0.3 is 6.18 Å². The van der Waals surface area contributed by atoms with Crippen LogP contribution in [0.2, 0.25) is 0 Å². The summed E-state index contributed by atoms with van der Waals surface area (Å²) in [7, 11) is 3.72. The molecule has 0 radical (unpaired) electrons. The number of aliphatic hydroxyl groups is 1. The van der Waals surface area contributed by atoms with E-state index < -0.39 is 29.5 Å². The van der Waals surface area contributed by atoms with Crippen molar-refractivity contribution in [2.24, 2.45) is 0 Å². The van der Waals surface area contributed by atoms with Crippen molar-refractivity contribution in [3.63, 3.8) is 0 Å². The number of aliphatic hydroxyl groups excluding tert-OH is 1. The minimum Gasteiger partial charge on any atom is -0.507 e. The third-order valence-corrected chi connectivity index (χ3v) is 6.29. The molecule has 1 heterocycles. The van der Waals surface area contributed by atoms with Gasteiger partial charge in [0, 0.05) is 35.5 Å². The molecule has 5 nitrogen and oxygen atoms in total. The van der Waals surface area contributed by atoms with E-state index in [0.29, 0.717) is 11.1 Å². The number of benzene rings is 3. The Morgan fingerprint density at radius 1 is 0.914 bits per heavy atom. The standard InChI is InChI=1S/C26H20BrF3N2O3/c1-31(2)19-11-5-15(6-12-19)22-21(23(33)16-3-9-18(27)10-4-16)24(34)25(35)32(22)20-13-7-17(8-14-20)26(28,29)30/h3-14,22,33H,1-2H3/b23-21+. The van der Waals surface area contributed by atoms with Crippen LogP contribution >= 0.6 is 15.9 Å². The second-order valence-corrected chi connectivity index (χ2v) is 9.12. The summed E-state index contributed by atoms with van der Waals surface area (Å²) in [4.78, 5) is 29.3. The molecule has 1 fully saturated rings. The van der Waals surface area contributed by atoms with Gasteiger partial charge in [0.1, 0.15) is 5.76 Å². The lowest BCUT2D eigenvalue weighted by molar-refractivity contribution is -0.137. The number of carbonyl (C=O) groups is 2. The maximum atomic E-state index is 13.1. The van der Waals surface area contributed by atoms with Crippen molar-refractivity contribution in [1.29, 1.82) is 0 Å². The Labute approximate surface area is 208 Å². The molecule has 3 aromatic rings. The predicted octanol–water partition coefficient (Wildman–Crippen LogP) is 6.16. The molecular weight excluding hydrogens is 525 g/mol. The molecule has 9 heteroatoms. The van der Waals surface area contributed by atoms with Gasteiger partial charge in [0.15, 0.2) is 0 Å². The molecule has 1 amide bonds. The van der Waals surface area contributed by atoms with Crippen LogP contribution in [0.3, 0.4) is 0 Å². The van der Waals surface area contributed by atoms with Crippen molar-refractivity contribution in [3.05, 3.63) is 99.5 Å². The van der Waals surface area contributed by atoms with Crippen LogP contribution < -0.4 is 9.80 Å². The highest BCUT2D eigenvalue weighted by Gasteiger charge is 2.47. The molecule has 1 N–H and O–H groups in total. The number of rotatable bonds is 4.